The number of amides is 1. The molecule has 1 saturated carbocycles. The number of rotatable bonds is 4. The van der Waals surface area contributed by atoms with Crippen LogP contribution in [0.1, 0.15) is 29.6 Å². The van der Waals surface area contributed by atoms with E-state index in [4.69, 9.17) is 0 Å². The van der Waals surface area contributed by atoms with Crippen LogP contribution in [0.2, 0.25) is 0 Å². The molecule has 0 bridgehead atoms. The predicted octanol–water partition coefficient (Wildman–Crippen LogP) is 3.17. The molecule has 1 heterocycles. The quantitative estimate of drug-likeness (QED) is 0.864. The van der Waals surface area contributed by atoms with E-state index in [2.05, 4.69) is 31.2 Å². The normalized spacial score (nSPS) is 21.6. The van der Waals surface area contributed by atoms with E-state index in [0.717, 1.165) is 17.4 Å². The van der Waals surface area contributed by atoms with Crippen LogP contribution in [-0.4, -0.2) is 27.7 Å². The SMILES string of the molecule is O=C(NCC1CCCC1CBr)c1cccc2nccnc12. The smallest absolute Gasteiger partial charge is 0.253 e. The van der Waals surface area contributed by atoms with E-state index in [1.165, 1.54) is 19.3 Å². The van der Waals surface area contributed by atoms with E-state index in [1.54, 1.807) is 12.4 Å². The fourth-order valence-electron chi connectivity index (χ4n) is 3.08. The average Bonchev–Trinajstić information content (AvgIpc) is 2.99. The van der Waals surface area contributed by atoms with Gasteiger partial charge in [-0.3, -0.25) is 14.8 Å². The molecule has 2 aromatic rings. The number of aromatic nitrogens is 2. The van der Waals surface area contributed by atoms with Gasteiger partial charge >= 0.3 is 0 Å². The number of nitrogens with zero attached hydrogens (tertiary/aromatic N) is 2. The Labute approximate surface area is 132 Å². The molecule has 21 heavy (non-hydrogen) atoms. The Morgan fingerprint density at radius 2 is 2.05 bits per heavy atom. The summed E-state index contributed by atoms with van der Waals surface area (Å²) in [4.78, 5) is 20.9. The monoisotopic (exact) mass is 347 g/mol. The number of fused-ring (bicyclic) bond motifs is 1. The maximum atomic E-state index is 12.4. The minimum absolute atomic E-state index is 0.0543. The molecule has 5 heteroatoms. The third-order valence-electron chi connectivity index (χ3n) is 4.28. The van der Waals surface area contributed by atoms with Gasteiger partial charge in [0.05, 0.1) is 11.1 Å². The molecule has 1 aliphatic carbocycles. The number of carbonyl (C=O) groups is 1. The number of halogens is 1. The van der Waals surface area contributed by atoms with E-state index in [-0.39, 0.29) is 5.91 Å². The van der Waals surface area contributed by atoms with Crippen molar-refractivity contribution >= 4 is 32.9 Å². The molecule has 4 nitrogen and oxygen atoms in total. The summed E-state index contributed by atoms with van der Waals surface area (Å²) in [5.41, 5.74) is 2.03. The van der Waals surface area contributed by atoms with Gasteiger partial charge in [0.1, 0.15) is 5.52 Å². The van der Waals surface area contributed by atoms with Gasteiger partial charge in [-0.1, -0.05) is 28.4 Å². The molecular weight excluding hydrogens is 330 g/mol. The number of alkyl halides is 1. The summed E-state index contributed by atoms with van der Waals surface area (Å²) >= 11 is 3.57. The van der Waals surface area contributed by atoms with Crippen molar-refractivity contribution in [2.24, 2.45) is 11.8 Å². The third kappa shape index (κ3) is 3.07. The van der Waals surface area contributed by atoms with Gasteiger partial charge in [0.25, 0.3) is 5.91 Å². The largest absolute Gasteiger partial charge is 0.352 e. The summed E-state index contributed by atoms with van der Waals surface area (Å²) in [7, 11) is 0. The number of para-hydroxylation sites is 1. The Kier molecular flexibility index (Phi) is 4.48. The van der Waals surface area contributed by atoms with Gasteiger partial charge in [-0.2, -0.15) is 0 Å². The van der Waals surface area contributed by atoms with Crippen molar-refractivity contribution in [3.05, 3.63) is 36.2 Å². The molecule has 0 spiro atoms. The van der Waals surface area contributed by atoms with Crippen LogP contribution in [0.4, 0.5) is 0 Å². The molecule has 0 aliphatic heterocycles. The van der Waals surface area contributed by atoms with E-state index in [1.807, 2.05) is 18.2 Å². The van der Waals surface area contributed by atoms with Crippen LogP contribution in [0.15, 0.2) is 30.6 Å². The van der Waals surface area contributed by atoms with E-state index >= 15 is 0 Å². The lowest BCUT2D eigenvalue weighted by atomic mass is 9.98. The van der Waals surface area contributed by atoms with Crippen molar-refractivity contribution in [3.63, 3.8) is 0 Å². The van der Waals surface area contributed by atoms with Gasteiger partial charge in [0, 0.05) is 24.3 Å². The van der Waals surface area contributed by atoms with Crippen LogP contribution >= 0.6 is 15.9 Å². The Balaban J connectivity index is 1.72. The van der Waals surface area contributed by atoms with Gasteiger partial charge in [0.2, 0.25) is 0 Å². The topological polar surface area (TPSA) is 54.9 Å². The highest BCUT2D eigenvalue weighted by Crippen LogP contribution is 2.32. The highest BCUT2D eigenvalue weighted by molar-refractivity contribution is 9.09. The number of hydrogen-bond donors (Lipinski definition) is 1. The Morgan fingerprint density at radius 1 is 1.24 bits per heavy atom. The molecule has 2 atom stereocenters. The van der Waals surface area contributed by atoms with Gasteiger partial charge in [0.15, 0.2) is 0 Å². The minimum atomic E-state index is -0.0543. The van der Waals surface area contributed by atoms with E-state index < -0.39 is 0 Å². The van der Waals surface area contributed by atoms with Crippen LogP contribution in [-0.2, 0) is 0 Å². The minimum Gasteiger partial charge on any atom is -0.352 e. The van der Waals surface area contributed by atoms with Crippen LogP contribution < -0.4 is 5.32 Å². The first-order valence-corrected chi connectivity index (χ1v) is 8.45. The Morgan fingerprint density at radius 3 is 2.90 bits per heavy atom. The number of hydrogen-bond acceptors (Lipinski definition) is 3. The van der Waals surface area contributed by atoms with Crippen LogP contribution in [0.3, 0.4) is 0 Å². The van der Waals surface area contributed by atoms with Crippen molar-refractivity contribution in [1.29, 1.82) is 0 Å². The molecule has 1 aliphatic rings. The lowest BCUT2D eigenvalue weighted by Crippen LogP contribution is -2.31. The molecular formula is C16H18BrN3O. The zero-order chi connectivity index (χ0) is 14.7. The van der Waals surface area contributed by atoms with Gasteiger partial charge in [-0.15, -0.1) is 0 Å². The highest BCUT2D eigenvalue weighted by atomic mass is 79.9. The molecule has 3 rings (SSSR count). The van der Waals surface area contributed by atoms with Crippen molar-refractivity contribution in [3.8, 4) is 0 Å². The second-order valence-corrected chi connectivity index (χ2v) is 6.19. The molecule has 0 radical (unpaired) electrons. The molecule has 1 aromatic heterocycles. The Hall–Kier alpha value is -1.49. The summed E-state index contributed by atoms with van der Waals surface area (Å²) in [6, 6.07) is 5.53. The van der Waals surface area contributed by atoms with E-state index in [9.17, 15) is 4.79 Å². The highest BCUT2D eigenvalue weighted by Gasteiger charge is 2.26. The van der Waals surface area contributed by atoms with Gasteiger partial charge < -0.3 is 5.32 Å². The van der Waals surface area contributed by atoms with Crippen molar-refractivity contribution in [1.82, 2.24) is 15.3 Å². The lowest BCUT2D eigenvalue weighted by Gasteiger charge is -2.18. The standard InChI is InChI=1S/C16H18BrN3O/c17-9-11-3-1-4-12(11)10-20-16(21)13-5-2-6-14-15(13)19-8-7-18-14/h2,5-8,11-12H,1,3-4,9-10H2,(H,20,21). The molecule has 110 valence electrons. The summed E-state index contributed by atoms with van der Waals surface area (Å²) < 4.78 is 0. The molecule has 2 unspecified atom stereocenters. The van der Waals surface area contributed by atoms with Crippen molar-refractivity contribution in [2.45, 2.75) is 19.3 Å². The van der Waals surface area contributed by atoms with Gasteiger partial charge in [-0.25, -0.2) is 0 Å². The first kappa shape index (κ1) is 14.4. The second-order valence-electron chi connectivity index (χ2n) is 5.55. The van der Waals surface area contributed by atoms with Crippen LogP contribution in [0.5, 0.6) is 0 Å². The molecule has 1 N–H and O–H groups in total. The van der Waals surface area contributed by atoms with Gasteiger partial charge in [-0.05, 0) is 36.8 Å². The molecule has 1 aromatic carbocycles. The number of benzene rings is 1. The summed E-state index contributed by atoms with van der Waals surface area (Å²) in [5, 5.41) is 4.09. The molecule has 0 saturated heterocycles. The van der Waals surface area contributed by atoms with Crippen LogP contribution in [0, 0.1) is 11.8 Å². The van der Waals surface area contributed by atoms with Crippen molar-refractivity contribution < 1.29 is 4.79 Å². The Bertz CT molecular complexity index is 641. The zero-order valence-electron chi connectivity index (χ0n) is 11.8. The summed E-state index contributed by atoms with van der Waals surface area (Å²) in [6.07, 6.45) is 6.98. The third-order valence-corrected chi connectivity index (χ3v) is 5.11. The fraction of sp³-hybridized carbons (Fsp3) is 0.438. The first-order chi connectivity index (χ1) is 10.3. The van der Waals surface area contributed by atoms with Crippen LogP contribution in [0.25, 0.3) is 11.0 Å². The fourth-order valence-corrected chi connectivity index (χ4v) is 3.93. The lowest BCUT2D eigenvalue weighted by molar-refractivity contribution is 0.0946. The average molecular weight is 348 g/mol. The molecule has 1 fully saturated rings. The van der Waals surface area contributed by atoms with Crippen molar-refractivity contribution in [2.75, 3.05) is 11.9 Å². The first-order valence-electron chi connectivity index (χ1n) is 7.33. The van der Waals surface area contributed by atoms with E-state index in [0.29, 0.717) is 22.9 Å². The zero-order valence-corrected chi connectivity index (χ0v) is 13.3. The number of nitrogens with one attached hydrogen (secondary N) is 1. The molecule has 1 amide bonds. The maximum Gasteiger partial charge on any atom is 0.253 e. The maximum absolute atomic E-state index is 12.4. The summed E-state index contributed by atoms with van der Waals surface area (Å²) in [6.45, 7) is 0.742. The summed E-state index contributed by atoms with van der Waals surface area (Å²) in [5.74, 6) is 1.20. The number of carbonyl (C=O) groups excluding carboxylic acids is 1. The predicted molar refractivity (Wildman–Crippen MR) is 86.5 cm³/mol. The second kappa shape index (κ2) is 6.52.